The molecule has 0 fully saturated rings. The smallest absolute Gasteiger partial charge is 0.338 e. The van der Waals surface area contributed by atoms with Crippen molar-refractivity contribution in [1.29, 1.82) is 0 Å². The average molecular weight is 619 g/mol. The Hall–Kier alpha value is -4.95. The van der Waals surface area contributed by atoms with E-state index < -0.39 is 12.0 Å². The van der Waals surface area contributed by atoms with Gasteiger partial charge in [-0.2, -0.15) is 0 Å². The van der Waals surface area contributed by atoms with Gasteiger partial charge in [0.05, 0.1) is 35.1 Å². The van der Waals surface area contributed by atoms with Crippen molar-refractivity contribution in [1.82, 2.24) is 4.57 Å². The first-order chi connectivity index (χ1) is 21.9. The van der Waals surface area contributed by atoms with E-state index in [2.05, 4.69) is 35.3 Å². The van der Waals surface area contributed by atoms with Crippen LogP contribution < -0.4 is 24.4 Å². The van der Waals surface area contributed by atoms with Gasteiger partial charge in [-0.15, -0.1) is 0 Å². The first kappa shape index (κ1) is 30.1. The third-order valence-electron chi connectivity index (χ3n) is 7.68. The number of nitrogens with zero attached hydrogens (tertiary/aromatic N) is 2. The van der Waals surface area contributed by atoms with Gasteiger partial charge in [0.2, 0.25) is 0 Å². The number of hydrogen-bond donors (Lipinski definition) is 0. The fourth-order valence-electron chi connectivity index (χ4n) is 5.50. The third-order valence-corrected chi connectivity index (χ3v) is 8.67. The Bertz CT molecular complexity index is 2110. The van der Waals surface area contributed by atoms with Gasteiger partial charge in [0.15, 0.2) is 16.3 Å². The summed E-state index contributed by atoms with van der Waals surface area (Å²) in [6.07, 6.45) is 1.83. The van der Waals surface area contributed by atoms with Gasteiger partial charge in [0.1, 0.15) is 6.61 Å². The van der Waals surface area contributed by atoms with Crippen LogP contribution in [0.25, 0.3) is 16.8 Å². The number of thiazole rings is 1. The van der Waals surface area contributed by atoms with Gasteiger partial charge in [0, 0.05) is 0 Å². The van der Waals surface area contributed by atoms with Gasteiger partial charge < -0.3 is 14.2 Å². The summed E-state index contributed by atoms with van der Waals surface area (Å²) in [6, 6.07) is 27.4. The maximum absolute atomic E-state index is 14.0. The van der Waals surface area contributed by atoms with Crippen LogP contribution in [0.3, 0.4) is 0 Å². The Morgan fingerprint density at radius 2 is 1.67 bits per heavy atom. The van der Waals surface area contributed by atoms with E-state index in [-0.39, 0.29) is 12.2 Å². The molecule has 0 spiro atoms. The molecular weight excluding hydrogens is 584 g/mol. The molecule has 1 aliphatic heterocycles. The number of carbonyl (C=O) groups is 1. The molecule has 4 aromatic carbocycles. The van der Waals surface area contributed by atoms with Crippen molar-refractivity contribution in [3.8, 4) is 11.5 Å². The molecule has 6 rings (SSSR count). The molecule has 0 unspecified atom stereocenters. The first-order valence-corrected chi connectivity index (χ1v) is 15.8. The molecule has 8 heteroatoms. The minimum atomic E-state index is -0.645. The maximum atomic E-state index is 14.0. The second-order valence-electron chi connectivity index (χ2n) is 10.8. The molecule has 0 N–H and O–H groups in total. The number of rotatable bonds is 9. The zero-order valence-electron chi connectivity index (χ0n) is 25.7. The summed E-state index contributed by atoms with van der Waals surface area (Å²) in [4.78, 5) is 32.3. The molecule has 5 aromatic rings. The Labute approximate surface area is 265 Å². The van der Waals surface area contributed by atoms with Crippen LogP contribution in [0.15, 0.2) is 106 Å². The number of esters is 1. The van der Waals surface area contributed by atoms with Gasteiger partial charge in [-0.1, -0.05) is 83.6 Å². The van der Waals surface area contributed by atoms with E-state index in [9.17, 15) is 9.59 Å². The Morgan fingerprint density at radius 1 is 0.889 bits per heavy atom. The summed E-state index contributed by atoms with van der Waals surface area (Å²) in [7, 11) is 0. The maximum Gasteiger partial charge on any atom is 0.338 e. The monoisotopic (exact) mass is 618 g/mol. The molecule has 2 heterocycles. The van der Waals surface area contributed by atoms with Gasteiger partial charge in [-0.3, -0.25) is 9.36 Å². The van der Waals surface area contributed by atoms with Crippen LogP contribution in [0.5, 0.6) is 11.5 Å². The lowest BCUT2D eigenvalue weighted by atomic mass is 9.95. The van der Waals surface area contributed by atoms with E-state index in [0.29, 0.717) is 45.3 Å². The van der Waals surface area contributed by atoms with Crippen molar-refractivity contribution in [2.24, 2.45) is 4.99 Å². The van der Waals surface area contributed by atoms with Crippen molar-refractivity contribution < 1.29 is 19.0 Å². The lowest BCUT2D eigenvalue weighted by molar-refractivity contribution is -0.139. The Morgan fingerprint density at radius 3 is 2.42 bits per heavy atom. The fraction of sp³-hybridized carbons (Fsp3) is 0.216. The summed E-state index contributed by atoms with van der Waals surface area (Å²) < 4.78 is 19.6. The summed E-state index contributed by atoms with van der Waals surface area (Å²) >= 11 is 1.29. The Kier molecular flexibility index (Phi) is 8.67. The highest BCUT2D eigenvalue weighted by atomic mass is 32.1. The number of aromatic nitrogens is 1. The van der Waals surface area contributed by atoms with Gasteiger partial charge in [-0.05, 0) is 79.4 Å². The number of allylic oxidation sites excluding steroid dienone is 1. The summed E-state index contributed by atoms with van der Waals surface area (Å²) in [6.45, 7) is 8.56. The zero-order chi connectivity index (χ0) is 31.5. The van der Waals surface area contributed by atoms with Crippen molar-refractivity contribution in [2.45, 2.75) is 40.3 Å². The van der Waals surface area contributed by atoms with E-state index >= 15 is 0 Å². The lowest BCUT2D eigenvalue weighted by Gasteiger charge is -2.24. The normalized spacial score (nSPS) is 14.7. The molecule has 0 bridgehead atoms. The number of fused-ring (bicyclic) bond motifs is 2. The first-order valence-electron chi connectivity index (χ1n) is 15.0. The molecule has 0 saturated heterocycles. The number of carbonyl (C=O) groups excluding carboxylic acids is 1. The van der Waals surface area contributed by atoms with Gasteiger partial charge in [0.25, 0.3) is 5.56 Å². The van der Waals surface area contributed by atoms with E-state index in [4.69, 9.17) is 14.2 Å². The number of hydrogen-bond acceptors (Lipinski definition) is 7. The molecule has 1 atom stereocenters. The van der Waals surface area contributed by atoms with Crippen molar-refractivity contribution in [3.05, 3.63) is 138 Å². The van der Waals surface area contributed by atoms with E-state index in [1.165, 1.54) is 16.7 Å². The molecule has 0 radical (unpaired) electrons. The van der Waals surface area contributed by atoms with Crippen LogP contribution in [-0.2, 0) is 16.1 Å². The quantitative estimate of drug-likeness (QED) is 0.183. The van der Waals surface area contributed by atoms with Crippen molar-refractivity contribution in [3.63, 3.8) is 0 Å². The van der Waals surface area contributed by atoms with Crippen LogP contribution in [0.1, 0.15) is 49.1 Å². The zero-order valence-corrected chi connectivity index (χ0v) is 26.5. The summed E-state index contributed by atoms with van der Waals surface area (Å²) in [5, 5.41) is 2.35. The van der Waals surface area contributed by atoms with Crippen LogP contribution in [0.2, 0.25) is 0 Å². The SMILES string of the molecule is CCOC(=O)C1=C(C)N=c2s/c(=C/c3ccc(OCc4ccc5ccccc5c4)c(OCC)c3)c(=O)n2[C@H]1c1ccc(C)cc1. The molecule has 45 heavy (non-hydrogen) atoms. The highest BCUT2D eigenvalue weighted by molar-refractivity contribution is 7.07. The second-order valence-corrected chi connectivity index (χ2v) is 11.8. The largest absolute Gasteiger partial charge is 0.490 e. The molecule has 0 aliphatic carbocycles. The fourth-order valence-corrected chi connectivity index (χ4v) is 6.55. The molecule has 7 nitrogen and oxygen atoms in total. The molecule has 228 valence electrons. The molecule has 1 aromatic heterocycles. The standard InChI is InChI=1S/C37H34N2O5S/c1-5-42-31-20-25(14-18-30(31)44-22-26-13-17-27-9-7-8-10-29(27)19-26)21-32-35(40)39-34(28-15-11-23(3)12-16-28)33(36(41)43-6-2)24(4)38-37(39)45-32/h7-21,34H,5-6,22H2,1-4H3/b32-21+/t34-/m0/s1. The topological polar surface area (TPSA) is 79.1 Å². The molecule has 1 aliphatic rings. The Balaban J connectivity index is 1.35. The van der Waals surface area contributed by atoms with Crippen LogP contribution in [-0.4, -0.2) is 23.8 Å². The third kappa shape index (κ3) is 6.19. The van der Waals surface area contributed by atoms with E-state index in [0.717, 1.165) is 27.6 Å². The minimum absolute atomic E-state index is 0.227. The molecule has 0 amide bonds. The van der Waals surface area contributed by atoms with Crippen molar-refractivity contribution in [2.75, 3.05) is 13.2 Å². The highest BCUT2D eigenvalue weighted by Crippen LogP contribution is 2.32. The number of benzene rings is 4. The predicted molar refractivity (Wildman–Crippen MR) is 177 cm³/mol. The highest BCUT2D eigenvalue weighted by Gasteiger charge is 2.33. The van der Waals surface area contributed by atoms with E-state index in [1.807, 2.05) is 74.5 Å². The molecule has 0 saturated carbocycles. The van der Waals surface area contributed by atoms with Crippen LogP contribution >= 0.6 is 11.3 Å². The van der Waals surface area contributed by atoms with Gasteiger partial charge >= 0.3 is 5.97 Å². The van der Waals surface area contributed by atoms with Crippen LogP contribution in [0.4, 0.5) is 0 Å². The molecular formula is C37H34N2O5S. The summed E-state index contributed by atoms with van der Waals surface area (Å²) in [5.74, 6) is 0.745. The predicted octanol–water partition coefficient (Wildman–Crippen LogP) is 6.24. The van der Waals surface area contributed by atoms with Gasteiger partial charge in [-0.25, -0.2) is 9.79 Å². The minimum Gasteiger partial charge on any atom is -0.490 e. The lowest BCUT2D eigenvalue weighted by Crippen LogP contribution is -2.39. The average Bonchev–Trinajstić information content (AvgIpc) is 3.34. The summed E-state index contributed by atoms with van der Waals surface area (Å²) in [5.41, 5.74) is 4.42. The number of ether oxygens (including phenoxy) is 3. The second kappa shape index (κ2) is 13.0. The van der Waals surface area contributed by atoms with E-state index in [1.54, 1.807) is 18.4 Å². The van der Waals surface area contributed by atoms with Crippen LogP contribution in [0, 0.1) is 6.92 Å². The number of aryl methyl sites for hydroxylation is 1. The van der Waals surface area contributed by atoms with Crippen molar-refractivity contribution >= 4 is 34.2 Å².